The first-order valence-corrected chi connectivity index (χ1v) is 4.98. The van der Waals surface area contributed by atoms with E-state index in [1.54, 1.807) is 0 Å². The molecule has 1 rings (SSSR count). The van der Waals surface area contributed by atoms with Crippen LogP contribution in [-0.4, -0.2) is 30.8 Å². The molecule has 0 atom stereocenters. The maximum absolute atomic E-state index is 11.3. The van der Waals surface area contributed by atoms with E-state index < -0.39 is 12.0 Å². The Kier molecular flexibility index (Phi) is 4.58. The summed E-state index contributed by atoms with van der Waals surface area (Å²) in [5.74, 6) is 1.32. The van der Waals surface area contributed by atoms with Crippen LogP contribution in [0.15, 0.2) is 18.2 Å². The highest BCUT2D eigenvalue weighted by Gasteiger charge is 2.11. The molecular formula is C12H12N2O4. The zero-order valence-electron chi connectivity index (χ0n) is 9.69. The normalized spacial score (nSPS) is 9.11. The predicted molar refractivity (Wildman–Crippen MR) is 65.8 cm³/mol. The smallest absolute Gasteiger partial charge is 0.339 e. The van der Waals surface area contributed by atoms with Crippen LogP contribution < -0.4 is 15.4 Å². The number of carboxylic acids is 1. The number of hydrogen-bond acceptors (Lipinski definition) is 3. The lowest BCUT2D eigenvalue weighted by Gasteiger charge is -2.09. The van der Waals surface area contributed by atoms with Crippen molar-refractivity contribution < 1.29 is 19.4 Å². The highest BCUT2D eigenvalue weighted by Crippen LogP contribution is 2.23. The van der Waals surface area contributed by atoms with E-state index in [0.717, 1.165) is 0 Å². The molecule has 0 saturated carbocycles. The van der Waals surface area contributed by atoms with Gasteiger partial charge in [0.25, 0.3) is 0 Å². The lowest BCUT2D eigenvalue weighted by atomic mass is 10.2. The fraction of sp³-hybridized carbons (Fsp3) is 0.167. The maximum atomic E-state index is 11.3. The monoisotopic (exact) mass is 248 g/mol. The molecule has 0 aliphatic rings. The molecule has 0 spiro atoms. The number of aromatic carboxylic acids is 1. The van der Waals surface area contributed by atoms with Crippen molar-refractivity contribution in [3.8, 4) is 18.1 Å². The molecule has 0 aromatic heterocycles. The molecule has 3 N–H and O–H groups in total. The number of carbonyl (C=O) groups excluding carboxylic acids is 1. The van der Waals surface area contributed by atoms with Crippen molar-refractivity contribution in [2.75, 3.05) is 19.0 Å². The van der Waals surface area contributed by atoms with Crippen molar-refractivity contribution in [1.29, 1.82) is 0 Å². The SMILES string of the molecule is C#CCNC(=O)Nc1ccc(C(=O)O)c(OC)c1. The number of hydrogen-bond donors (Lipinski definition) is 3. The number of anilines is 1. The molecule has 0 saturated heterocycles. The number of terminal acetylenes is 1. The quantitative estimate of drug-likeness (QED) is 0.697. The number of amides is 2. The zero-order valence-corrected chi connectivity index (χ0v) is 9.69. The molecule has 0 radical (unpaired) electrons. The molecule has 6 heteroatoms. The van der Waals surface area contributed by atoms with Crippen LogP contribution in [0.2, 0.25) is 0 Å². The average molecular weight is 248 g/mol. The summed E-state index contributed by atoms with van der Waals surface area (Å²) in [4.78, 5) is 22.2. The van der Waals surface area contributed by atoms with E-state index >= 15 is 0 Å². The van der Waals surface area contributed by atoms with Gasteiger partial charge in [0.05, 0.1) is 13.7 Å². The number of methoxy groups -OCH3 is 1. The third kappa shape index (κ3) is 3.42. The lowest BCUT2D eigenvalue weighted by molar-refractivity contribution is 0.0693. The number of carboxylic acid groups (broad SMARTS) is 1. The van der Waals surface area contributed by atoms with E-state index in [1.165, 1.54) is 25.3 Å². The molecule has 18 heavy (non-hydrogen) atoms. The fourth-order valence-corrected chi connectivity index (χ4v) is 1.25. The van der Waals surface area contributed by atoms with Gasteiger partial charge < -0.3 is 20.5 Å². The molecule has 0 aliphatic carbocycles. The summed E-state index contributed by atoms with van der Waals surface area (Å²) in [5.41, 5.74) is 0.429. The van der Waals surface area contributed by atoms with Crippen LogP contribution in [0, 0.1) is 12.3 Å². The Morgan fingerprint density at radius 1 is 1.50 bits per heavy atom. The molecule has 1 aromatic carbocycles. The van der Waals surface area contributed by atoms with Crippen LogP contribution in [0.4, 0.5) is 10.5 Å². The number of ether oxygens (including phenoxy) is 1. The van der Waals surface area contributed by atoms with Gasteiger partial charge in [-0.3, -0.25) is 0 Å². The topological polar surface area (TPSA) is 87.7 Å². The molecule has 6 nitrogen and oxygen atoms in total. The van der Waals surface area contributed by atoms with E-state index in [4.69, 9.17) is 16.3 Å². The van der Waals surface area contributed by atoms with Crippen molar-refractivity contribution in [2.24, 2.45) is 0 Å². The number of urea groups is 1. The van der Waals surface area contributed by atoms with Crippen molar-refractivity contribution in [3.05, 3.63) is 23.8 Å². The maximum Gasteiger partial charge on any atom is 0.339 e. The van der Waals surface area contributed by atoms with E-state index in [-0.39, 0.29) is 17.9 Å². The van der Waals surface area contributed by atoms with Crippen molar-refractivity contribution in [3.63, 3.8) is 0 Å². The molecule has 0 bridgehead atoms. The lowest BCUT2D eigenvalue weighted by Crippen LogP contribution is -2.28. The van der Waals surface area contributed by atoms with Crippen molar-refractivity contribution >= 4 is 17.7 Å². The van der Waals surface area contributed by atoms with Gasteiger partial charge >= 0.3 is 12.0 Å². The molecule has 0 aliphatic heterocycles. The van der Waals surface area contributed by atoms with E-state index in [1.807, 2.05) is 0 Å². The molecule has 0 heterocycles. The van der Waals surface area contributed by atoms with E-state index in [0.29, 0.717) is 5.69 Å². The molecule has 0 unspecified atom stereocenters. The minimum Gasteiger partial charge on any atom is -0.496 e. The van der Waals surface area contributed by atoms with E-state index in [9.17, 15) is 9.59 Å². The van der Waals surface area contributed by atoms with Gasteiger partial charge in [0.15, 0.2) is 0 Å². The van der Waals surface area contributed by atoms with Crippen molar-refractivity contribution in [2.45, 2.75) is 0 Å². The van der Waals surface area contributed by atoms with E-state index in [2.05, 4.69) is 16.6 Å². The van der Waals surface area contributed by atoms with Crippen LogP contribution in [0.3, 0.4) is 0 Å². The van der Waals surface area contributed by atoms with Gasteiger partial charge in [-0.15, -0.1) is 6.42 Å². The molecule has 0 fully saturated rings. The molecular weight excluding hydrogens is 236 g/mol. The zero-order chi connectivity index (χ0) is 13.5. The van der Waals surface area contributed by atoms with Crippen LogP contribution in [0.5, 0.6) is 5.75 Å². The van der Waals surface area contributed by atoms with Gasteiger partial charge in [-0.1, -0.05) is 5.92 Å². The Morgan fingerprint density at radius 3 is 2.78 bits per heavy atom. The number of rotatable bonds is 4. The first kappa shape index (κ1) is 13.4. The predicted octanol–water partition coefficient (Wildman–Crippen LogP) is 1.15. The number of carbonyl (C=O) groups is 2. The van der Waals surface area contributed by atoms with Crippen molar-refractivity contribution in [1.82, 2.24) is 5.32 Å². The fourth-order valence-electron chi connectivity index (χ4n) is 1.25. The van der Waals surface area contributed by atoms with Gasteiger partial charge in [-0.05, 0) is 12.1 Å². The van der Waals surface area contributed by atoms with Crippen LogP contribution in [0.1, 0.15) is 10.4 Å². The number of nitrogens with one attached hydrogen (secondary N) is 2. The average Bonchev–Trinajstić information content (AvgIpc) is 2.35. The second-order valence-electron chi connectivity index (χ2n) is 3.23. The Bertz CT molecular complexity index is 505. The minimum absolute atomic E-state index is 0.0204. The number of benzene rings is 1. The largest absolute Gasteiger partial charge is 0.496 e. The van der Waals surface area contributed by atoms with Crippen LogP contribution >= 0.6 is 0 Å². The summed E-state index contributed by atoms with van der Waals surface area (Å²) in [6, 6.07) is 3.75. The third-order valence-electron chi connectivity index (χ3n) is 2.04. The second kappa shape index (κ2) is 6.15. The highest BCUT2D eigenvalue weighted by molar-refractivity contribution is 5.94. The standard InChI is InChI=1S/C12H12N2O4/c1-3-6-13-12(17)14-8-4-5-9(11(15)16)10(7-8)18-2/h1,4-5,7H,6H2,2H3,(H,15,16)(H2,13,14,17). The molecule has 2 amide bonds. The first-order valence-electron chi connectivity index (χ1n) is 4.98. The summed E-state index contributed by atoms with van der Waals surface area (Å²) < 4.78 is 4.93. The van der Waals surface area contributed by atoms with Gasteiger partial charge in [-0.25, -0.2) is 9.59 Å². The summed E-state index contributed by atoms with van der Waals surface area (Å²) in [5, 5.41) is 13.8. The van der Waals surface area contributed by atoms with Gasteiger partial charge in [0, 0.05) is 11.8 Å². The summed E-state index contributed by atoms with van der Waals surface area (Å²) in [7, 11) is 1.35. The Hall–Kier alpha value is -2.68. The third-order valence-corrected chi connectivity index (χ3v) is 2.04. The Labute approximate surface area is 104 Å². The van der Waals surface area contributed by atoms with Crippen LogP contribution in [0.25, 0.3) is 0 Å². The second-order valence-corrected chi connectivity index (χ2v) is 3.23. The van der Waals surface area contributed by atoms with Crippen LogP contribution in [-0.2, 0) is 0 Å². The Morgan fingerprint density at radius 2 is 2.22 bits per heavy atom. The van der Waals surface area contributed by atoms with Gasteiger partial charge in [-0.2, -0.15) is 0 Å². The Balaban J connectivity index is 2.83. The highest BCUT2D eigenvalue weighted by atomic mass is 16.5. The van der Waals surface area contributed by atoms with Gasteiger partial charge in [0.1, 0.15) is 11.3 Å². The first-order chi connectivity index (χ1) is 8.58. The van der Waals surface area contributed by atoms with Gasteiger partial charge in [0.2, 0.25) is 0 Å². The minimum atomic E-state index is -1.10. The summed E-state index contributed by atoms with van der Waals surface area (Å²) in [6.45, 7) is 0.107. The molecule has 1 aromatic rings. The molecule has 94 valence electrons. The summed E-state index contributed by atoms with van der Waals surface area (Å²) >= 11 is 0. The summed E-state index contributed by atoms with van der Waals surface area (Å²) in [6.07, 6.45) is 4.99.